The first-order chi connectivity index (χ1) is 11.5. The van der Waals surface area contributed by atoms with Gasteiger partial charge in [-0.15, -0.1) is 11.3 Å². The predicted molar refractivity (Wildman–Crippen MR) is 95.1 cm³/mol. The summed E-state index contributed by atoms with van der Waals surface area (Å²) >= 11 is 1.55. The Morgan fingerprint density at radius 2 is 2.33 bits per heavy atom. The Labute approximate surface area is 145 Å². The summed E-state index contributed by atoms with van der Waals surface area (Å²) in [7, 11) is -3.02. The normalized spacial score (nSPS) is 19.5. The summed E-state index contributed by atoms with van der Waals surface area (Å²) < 4.78 is 25.3. The van der Waals surface area contributed by atoms with Crippen molar-refractivity contribution < 1.29 is 13.2 Å². The maximum atomic E-state index is 12.3. The third-order valence-electron chi connectivity index (χ3n) is 4.11. The van der Waals surface area contributed by atoms with Gasteiger partial charge in [-0.1, -0.05) is 19.4 Å². The van der Waals surface area contributed by atoms with Crippen LogP contribution in [0.3, 0.4) is 0 Å². The number of rotatable bonds is 6. The minimum atomic E-state index is -3.02. The van der Waals surface area contributed by atoms with Gasteiger partial charge in [-0.2, -0.15) is 5.10 Å². The molecule has 1 unspecified atom stereocenters. The molecule has 2 aromatic heterocycles. The Kier molecular flexibility index (Phi) is 5.05. The van der Waals surface area contributed by atoms with Crippen molar-refractivity contribution in [2.45, 2.75) is 32.2 Å². The molecular formula is C16H21N3O3S2. The highest BCUT2D eigenvalue weighted by atomic mass is 32.2. The van der Waals surface area contributed by atoms with E-state index in [1.54, 1.807) is 22.1 Å². The Balaban J connectivity index is 1.90. The smallest absolute Gasteiger partial charge is 0.271 e. The number of unbranched alkanes of at least 4 members (excludes halogenated alkanes) is 1. The van der Waals surface area contributed by atoms with E-state index in [0.717, 1.165) is 23.4 Å². The van der Waals surface area contributed by atoms with Crippen LogP contribution in [-0.2, 0) is 9.84 Å². The van der Waals surface area contributed by atoms with Crippen LogP contribution in [0.1, 0.15) is 42.7 Å². The highest BCUT2D eigenvalue weighted by Crippen LogP contribution is 2.32. The van der Waals surface area contributed by atoms with Gasteiger partial charge in [0.2, 0.25) is 0 Å². The van der Waals surface area contributed by atoms with Crippen molar-refractivity contribution >= 4 is 27.1 Å². The summed E-state index contributed by atoms with van der Waals surface area (Å²) in [5, 5.41) is 9.26. The molecule has 3 rings (SSSR count). The number of carbonyl (C=O) groups is 1. The van der Waals surface area contributed by atoms with Gasteiger partial charge in [0, 0.05) is 6.54 Å². The van der Waals surface area contributed by atoms with Gasteiger partial charge in [-0.25, -0.2) is 8.42 Å². The lowest BCUT2D eigenvalue weighted by Crippen LogP contribution is -2.25. The van der Waals surface area contributed by atoms with Gasteiger partial charge in [0.25, 0.3) is 5.91 Å². The van der Waals surface area contributed by atoms with Crippen molar-refractivity contribution in [3.63, 3.8) is 0 Å². The minimum Gasteiger partial charge on any atom is -0.351 e. The summed E-state index contributed by atoms with van der Waals surface area (Å²) in [6, 6.07) is 5.45. The second-order valence-electron chi connectivity index (χ2n) is 6.00. The van der Waals surface area contributed by atoms with Crippen LogP contribution in [0.5, 0.6) is 0 Å². The SMILES string of the molecule is CCCCNC(=O)c1cc(-c2cccs2)n(C2CCS(=O)(=O)C2)n1. The number of thiophene rings is 1. The van der Waals surface area contributed by atoms with E-state index >= 15 is 0 Å². The Bertz CT molecular complexity index is 810. The zero-order chi connectivity index (χ0) is 17.2. The molecule has 0 radical (unpaired) electrons. The van der Waals surface area contributed by atoms with Gasteiger partial charge in [-0.05, 0) is 30.4 Å². The summed E-state index contributed by atoms with van der Waals surface area (Å²) in [5.74, 6) is 0.0597. The van der Waals surface area contributed by atoms with Crippen molar-refractivity contribution in [3.8, 4) is 10.6 Å². The van der Waals surface area contributed by atoms with E-state index in [2.05, 4.69) is 17.3 Å². The molecule has 1 aliphatic rings. The third-order valence-corrected chi connectivity index (χ3v) is 6.75. The number of hydrogen-bond donors (Lipinski definition) is 1. The molecular weight excluding hydrogens is 346 g/mol. The average molecular weight is 367 g/mol. The standard InChI is InChI=1S/C16H21N3O3S2/c1-2-3-7-17-16(20)13-10-14(15-5-4-8-23-15)19(18-13)12-6-9-24(21,22)11-12/h4-5,8,10,12H,2-3,6-7,9,11H2,1H3,(H,17,20). The molecule has 1 N–H and O–H groups in total. The summed E-state index contributed by atoms with van der Waals surface area (Å²) in [5.41, 5.74) is 1.16. The quantitative estimate of drug-likeness (QED) is 0.796. The van der Waals surface area contributed by atoms with Gasteiger partial charge in [0.1, 0.15) is 0 Å². The Morgan fingerprint density at radius 1 is 1.50 bits per heavy atom. The van der Waals surface area contributed by atoms with Gasteiger partial charge >= 0.3 is 0 Å². The number of sulfone groups is 1. The van der Waals surface area contributed by atoms with Crippen LogP contribution in [0, 0.1) is 0 Å². The highest BCUT2D eigenvalue weighted by Gasteiger charge is 2.32. The lowest BCUT2D eigenvalue weighted by molar-refractivity contribution is 0.0947. The van der Waals surface area contributed by atoms with Crippen LogP contribution in [0.4, 0.5) is 0 Å². The zero-order valence-electron chi connectivity index (χ0n) is 13.6. The molecule has 1 amide bonds. The molecule has 6 nitrogen and oxygen atoms in total. The van der Waals surface area contributed by atoms with E-state index in [0.29, 0.717) is 18.7 Å². The van der Waals surface area contributed by atoms with Crippen LogP contribution in [-0.4, -0.2) is 42.2 Å². The first-order valence-corrected chi connectivity index (χ1v) is 10.8. The third kappa shape index (κ3) is 3.70. The molecule has 0 spiro atoms. The number of carbonyl (C=O) groups excluding carboxylic acids is 1. The van der Waals surface area contributed by atoms with Crippen molar-refractivity contribution in [1.82, 2.24) is 15.1 Å². The lowest BCUT2D eigenvalue weighted by Gasteiger charge is -2.12. The summed E-state index contributed by atoms with van der Waals surface area (Å²) in [6.07, 6.45) is 2.47. The number of nitrogens with one attached hydrogen (secondary N) is 1. The fourth-order valence-corrected chi connectivity index (χ4v) is 5.26. The molecule has 1 atom stereocenters. The van der Waals surface area contributed by atoms with Crippen LogP contribution >= 0.6 is 11.3 Å². The number of hydrogen-bond acceptors (Lipinski definition) is 5. The maximum absolute atomic E-state index is 12.3. The average Bonchev–Trinajstić information content (AvgIpc) is 3.24. The van der Waals surface area contributed by atoms with Crippen molar-refractivity contribution in [2.24, 2.45) is 0 Å². The molecule has 1 fully saturated rings. The molecule has 8 heteroatoms. The second-order valence-corrected chi connectivity index (χ2v) is 9.18. The molecule has 24 heavy (non-hydrogen) atoms. The van der Waals surface area contributed by atoms with Crippen molar-refractivity contribution in [1.29, 1.82) is 0 Å². The largest absolute Gasteiger partial charge is 0.351 e. The van der Waals surface area contributed by atoms with E-state index in [-0.39, 0.29) is 23.5 Å². The van der Waals surface area contributed by atoms with Crippen molar-refractivity contribution in [3.05, 3.63) is 29.3 Å². The van der Waals surface area contributed by atoms with Gasteiger partial charge in [0.05, 0.1) is 28.1 Å². The fourth-order valence-electron chi connectivity index (χ4n) is 2.83. The number of nitrogens with zero attached hydrogens (tertiary/aromatic N) is 2. The molecule has 1 aliphatic heterocycles. The van der Waals surface area contributed by atoms with Crippen LogP contribution < -0.4 is 5.32 Å². The van der Waals surface area contributed by atoms with E-state index in [1.807, 2.05) is 17.5 Å². The van der Waals surface area contributed by atoms with Gasteiger partial charge in [-0.3, -0.25) is 9.48 Å². The first-order valence-electron chi connectivity index (χ1n) is 8.12. The summed E-state index contributed by atoms with van der Waals surface area (Å²) in [4.78, 5) is 13.3. The molecule has 0 saturated carbocycles. The van der Waals surface area contributed by atoms with E-state index in [9.17, 15) is 13.2 Å². The highest BCUT2D eigenvalue weighted by molar-refractivity contribution is 7.91. The molecule has 1 saturated heterocycles. The Hall–Kier alpha value is -1.67. The molecule has 0 aliphatic carbocycles. The molecule has 0 bridgehead atoms. The predicted octanol–water partition coefficient (Wildman–Crippen LogP) is 2.50. The number of amides is 1. The monoisotopic (exact) mass is 367 g/mol. The second kappa shape index (κ2) is 7.06. The summed E-state index contributed by atoms with van der Waals surface area (Å²) in [6.45, 7) is 2.69. The maximum Gasteiger partial charge on any atom is 0.271 e. The lowest BCUT2D eigenvalue weighted by atomic mass is 10.2. The van der Waals surface area contributed by atoms with Crippen molar-refractivity contribution in [2.75, 3.05) is 18.1 Å². The van der Waals surface area contributed by atoms with Crippen LogP contribution in [0.25, 0.3) is 10.6 Å². The van der Waals surface area contributed by atoms with E-state index in [4.69, 9.17) is 0 Å². The number of aromatic nitrogens is 2. The topological polar surface area (TPSA) is 81.1 Å². The fraction of sp³-hybridized carbons (Fsp3) is 0.500. The Morgan fingerprint density at radius 3 is 2.96 bits per heavy atom. The van der Waals surface area contributed by atoms with Crippen LogP contribution in [0.2, 0.25) is 0 Å². The molecule has 130 valence electrons. The molecule has 3 heterocycles. The van der Waals surface area contributed by atoms with Gasteiger partial charge < -0.3 is 5.32 Å². The zero-order valence-corrected chi connectivity index (χ0v) is 15.2. The molecule has 0 aromatic carbocycles. The van der Waals surface area contributed by atoms with Gasteiger partial charge in [0.15, 0.2) is 15.5 Å². The van der Waals surface area contributed by atoms with E-state index in [1.165, 1.54) is 0 Å². The molecule has 2 aromatic rings. The van der Waals surface area contributed by atoms with Crippen LogP contribution in [0.15, 0.2) is 23.6 Å². The first kappa shape index (κ1) is 17.2. The van der Waals surface area contributed by atoms with E-state index < -0.39 is 9.84 Å². The minimum absolute atomic E-state index is 0.0873.